The molecule has 2 rings (SSSR count). The van der Waals surface area contributed by atoms with E-state index in [-0.39, 0.29) is 35.4 Å². The van der Waals surface area contributed by atoms with Crippen molar-refractivity contribution in [3.05, 3.63) is 60.2 Å². The van der Waals surface area contributed by atoms with Gasteiger partial charge in [0.1, 0.15) is 12.4 Å². The highest BCUT2D eigenvalue weighted by Crippen LogP contribution is 2.19. The Hall–Kier alpha value is -1.85. The van der Waals surface area contributed by atoms with Crippen molar-refractivity contribution in [3.63, 3.8) is 0 Å². The molecular weight excluding hydrogens is 515 g/mol. The molecule has 0 radical (unpaired) electrons. The average molecular weight is 546 g/mol. The van der Waals surface area contributed by atoms with Gasteiger partial charge in [-0.1, -0.05) is 36.4 Å². The summed E-state index contributed by atoms with van der Waals surface area (Å²) in [6.07, 6.45) is 0. The monoisotopic (exact) mass is 546 g/mol. The number of halogens is 1. The van der Waals surface area contributed by atoms with Gasteiger partial charge in [0.15, 0.2) is 5.96 Å². The third kappa shape index (κ3) is 7.44. The average Bonchev–Trinajstić information content (AvgIpc) is 2.71. The van der Waals surface area contributed by atoms with Crippen LogP contribution >= 0.6 is 24.0 Å². The Labute approximate surface area is 197 Å². The maximum Gasteiger partial charge on any atom is 0.242 e. The first-order valence-electron chi connectivity index (χ1n) is 9.54. The van der Waals surface area contributed by atoms with Gasteiger partial charge in [-0.05, 0) is 30.7 Å². The van der Waals surface area contributed by atoms with Gasteiger partial charge in [0, 0.05) is 27.7 Å². The van der Waals surface area contributed by atoms with E-state index in [1.807, 2.05) is 55.3 Å². The van der Waals surface area contributed by atoms with Gasteiger partial charge < -0.3 is 15.0 Å². The van der Waals surface area contributed by atoms with Crippen molar-refractivity contribution in [1.82, 2.24) is 14.5 Å². The van der Waals surface area contributed by atoms with E-state index >= 15 is 0 Å². The van der Waals surface area contributed by atoms with Gasteiger partial charge in [0.05, 0.1) is 18.0 Å². The topological polar surface area (TPSA) is 74.2 Å². The molecule has 0 aliphatic carbocycles. The van der Waals surface area contributed by atoms with Crippen molar-refractivity contribution in [2.45, 2.75) is 18.4 Å². The number of nitrogens with zero attached hydrogens (tertiary/aromatic N) is 3. The van der Waals surface area contributed by atoms with Crippen LogP contribution in [0.1, 0.15) is 12.5 Å². The smallest absolute Gasteiger partial charge is 0.242 e. The second kappa shape index (κ2) is 12.8. The van der Waals surface area contributed by atoms with Crippen molar-refractivity contribution < 1.29 is 13.2 Å². The Morgan fingerprint density at radius 3 is 2.30 bits per heavy atom. The third-order valence-corrected chi connectivity index (χ3v) is 6.18. The van der Waals surface area contributed by atoms with E-state index in [4.69, 9.17) is 4.74 Å². The summed E-state index contributed by atoms with van der Waals surface area (Å²) in [6.45, 7) is 4.11. The van der Waals surface area contributed by atoms with Crippen LogP contribution in [0.25, 0.3) is 0 Å². The summed E-state index contributed by atoms with van der Waals surface area (Å²) in [4.78, 5) is 6.88. The molecule has 2 aromatic rings. The van der Waals surface area contributed by atoms with E-state index in [1.54, 1.807) is 18.2 Å². The van der Waals surface area contributed by atoms with Crippen LogP contribution in [0.3, 0.4) is 0 Å². The molecule has 0 spiro atoms. The van der Waals surface area contributed by atoms with E-state index in [1.165, 1.54) is 18.4 Å². The minimum Gasteiger partial charge on any atom is -0.492 e. The molecule has 0 aromatic heterocycles. The number of guanidine groups is 1. The molecule has 30 heavy (non-hydrogen) atoms. The molecule has 0 amide bonds. The second-order valence-corrected chi connectivity index (χ2v) is 8.77. The molecule has 0 fully saturated rings. The highest BCUT2D eigenvalue weighted by molar-refractivity contribution is 14.0. The SMILES string of the molecule is CCNC(=NCc1ccccc1S(=O)(=O)N(C)C)N(C)CCOc1ccccc1.I. The van der Waals surface area contributed by atoms with E-state index in [0.29, 0.717) is 31.2 Å². The molecule has 9 heteroatoms. The maximum absolute atomic E-state index is 12.6. The van der Waals surface area contributed by atoms with Gasteiger partial charge in [0.2, 0.25) is 10.0 Å². The van der Waals surface area contributed by atoms with Crippen LogP contribution in [0, 0.1) is 0 Å². The molecule has 0 aliphatic rings. The lowest BCUT2D eigenvalue weighted by Crippen LogP contribution is -2.40. The summed E-state index contributed by atoms with van der Waals surface area (Å²) in [7, 11) is 1.46. The molecule has 0 heterocycles. The molecule has 0 saturated heterocycles. The fourth-order valence-electron chi connectivity index (χ4n) is 2.64. The number of nitrogens with one attached hydrogen (secondary N) is 1. The van der Waals surface area contributed by atoms with Crippen LogP contribution in [0.4, 0.5) is 0 Å². The fourth-order valence-corrected chi connectivity index (χ4v) is 3.74. The third-order valence-electron chi connectivity index (χ3n) is 4.27. The summed E-state index contributed by atoms with van der Waals surface area (Å²) in [5, 5.41) is 3.24. The summed E-state index contributed by atoms with van der Waals surface area (Å²) in [5.74, 6) is 1.52. The number of rotatable bonds is 9. The van der Waals surface area contributed by atoms with Gasteiger partial charge in [-0.15, -0.1) is 24.0 Å². The number of benzene rings is 2. The first-order chi connectivity index (χ1) is 13.9. The zero-order chi connectivity index (χ0) is 21.3. The first kappa shape index (κ1) is 26.2. The lowest BCUT2D eigenvalue weighted by Gasteiger charge is -2.22. The minimum absolute atomic E-state index is 0. The Kier molecular flexibility index (Phi) is 11.1. The second-order valence-electron chi connectivity index (χ2n) is 6.65. The zero-order valence-corrected chi connectivity index (χ0v) is 21.1. The van der Waals surface area contributed by atoms with E-state index in [0.717, 1.165) is 5.75 Å². The van der Waals surface area contributed by atoms with Crippen molar-refractivity contribution in [2.75, 3.05) is 40.8 Å². The normalized spacial score (nSPS) is 11.7. The Bertz CT molecular complexity index is 905. The highest BCUT2D eigenvalue weighted by Gasteiger charge is 2.20. The quantitative estimate of drug-likeness (QED) is 0.298. The summed E-state index contributed by atoms with van der Waals surface area (Å²) >= 11 is 0. The number of aliphatic imine (C=N–C) groups is 1. The van der Waals surface area contributed by atoms with Gasteiger partial charge in [-0.2, -0.15) is 0 Å². The van der Waals surface area contributed by atoms with Gasteiger partial charge in [-0.25, -0.2) is 17.7 Å². The molecule has 0 atom stereocenters. The number of ether oxygens (including phenoxy) is 1. The molecule has 1 N–H and O–H groups in total. The van der Waals surface area contributed by atoms with Crippen molar-refractivity contribution >= 4 is 40.0 Å². The van der Waals surface area contributed by atoms with Crippen LogP contribution in [0.5, 0.6) is 5.75 Å². The van der Waals surface area contributed by atoms with Crippen LogP contribution < -0.4 is 10.1 Å². The van der Waals surface area contributed by atoms with Crippen molar-refractivity contribution in [1.29, 1.82) is 0 Å². The predicted octanol–water partition coefficient (Wildman–Crippen LogP) is 3.03. The lowest BCUT2D eigenvalue weighted by atomic mass is 10.2. The Morgan fingerprint density at radius 2 is 1.67 bits per heavy atom. The number of para-hydroxylation sites is 1. The lowest BCUT2D eigenvalue weighted by molar-refractivity contribution is 0.281. The largest absolute Gasteiger partial charge is 0.492 e. The van der Waals surface area contributed by atoms with Crippen LogP contribution in [-0.2, 0) is 16.6 Å². The van der Waals surface area contributed by atoms with E-state index in [2.05, 4.69) is 10.3 Å². The van der Waals surface area contributed by atoms with Gasteiger partial charge in [-0.3, -0.25) is 0 Å². The van der Waals surface area contributed by atoms with Gasteiger partial charge >= 0.3 is 0 Å². The molecular formula is C21H31IN4O3S. The van der Waals surface area contributed by atoms with E-state index in [9.17, 15) is 8.42 Å². The molecule has 7 nitrogen and oxygen atoms in total. The molecule has 0 aliphatic heterocycles. The molecule has 0 saturated carbocycles. The van der Waals surface area contributed by atoms with Crippen molar-refractivity contribution in [3.8, 4) is 5.75 Å². The maximum atomic E-state index is 12.6. The first-order valence-corrected chi connectivity index (χ1v) is 11.0. The fraction of sp³-hybridized carbons (Fsp3) is 0.381. The Morgan fingerprint density at radius 1 is 1.03 bits per heavy atom. The van der Waals surface area contributed by atoms with Gasteiger partial charge in [0.25, 0.3) is 0 Å². The highest BCUT2D eigenvalue weighted by atomic mass is 127. The molecule has 2 aromatic carbocycles. The molecule has 0 unspecified atom stereocenters. The minimum atomic E-state index is -3.52. The number of hydrogen-bond acceptors (Lipinski definition) is 4. The predicted molar refractivity (Wildman–Crippen MR) is 132 cm³/mol. The Balaban J connectivity index is 0.00000450. The van der Waals surface area contributed by atoms with Crippen LogP contribution in [0.2, 0.25) is 0 Å². The number of hydrogen-bond donors (Lipinski definition) is 1. The molecule has 0 bridgehead atoms. The van der Waals surface area contributed by atoms with Crippen molar-refractivity contribution in [2.24, 2.45) is 4.99 Å². The standard InChI is InChI=1S/C21H30N4O3S.HI/c1-5-22-21(25(4)15-16-28-19-12-7-6-8-13-19)23-17-18-11-9-10-14-20(18)29(26,27)24(2)3;/h6-14H,5,15-17H2,1-4H3,(H,22,23);1H. The van der Waals surface area contributed by atoms with E-state index < -0.39 is 10.0 Å². The summed E-state index contributed by atoms with van der Waals surface area (Å²) in [5.41, 5.74) is 0.658. The van der Waals surface area contributed by atoms with Crippen LogP contribution in [0.15, 0.2) is 64.5 Å². The summed E-state index contributed by atoms with van der Waals surface area (Å²) < 4.78 is 32.1. The number of sulfonamides is 1. The zero-order valence-electron chi connectivity index (χ0n) is 17.9. The number of likely N-dealkylation sites (N-methyl/N-ethyl adjacent to an activating group) is 1. The summed E-state index contributed by atoms with van der Waals surface area (Å²) in [6, 6.07) is 16.6. The van der Waals surface area contributed by atoms with Crippen LogP contribution in [-0.4, -0.2) is 64.4 Å². The molecule has 166 valence electrons.